The lowest BCUT2D eigenvalue weighted by atomic mass is 10.0. The summed E-state index contributed by atoms with van der Waals surface area (Å²) in [5.41, 5.74) is -0.0195. The number of amides is 3. The topological polar surface area (TPSA) is 132 Å². The van der Waals surface area contributed by atoms with Crippen LogP contribution >= 0.6 is 0 Å². The highest BCUT2D eigenvalue weighted by molar-refractivity contribution is 5.93. The predicted molar refractivity (Wildman–Crippen MR) is 145 cm³/mol. The van der Waals surface area contributed by atoms with E-state index in [2.05, 4.69) is 29.1 Å². The SMILES string of the molecule is C=CCOc1ccc(C[C@H](NC(=O)OC(C)(C)C)C(=O)N[C@@H](CCC)C(=O)N[C@@H](CC=C)C(=O)OC)cc1. The maximum Gasteiger partial charge on any atom is 0.408 e. The number of alkyl carbamates (subject to hydrolysis) is 1. The van der Waals surface area contributed by atoms with Gasteiger partial charge < -0.3 is 30.2 Å². The molecule has 0 heterocycles. The molecule has 3 atom stereocenters. The summed E-state index contributed by atoms with van der Waals surface area (Å²) in [6.07, 6.45) is 3.55. The maximum absolute atomic E-state index is 13.3. The first-order valence-corrected chi connectivity index (χ1v) is 12.6. The second-order valence-electron chi connectivity index (χ2n) is 9.61. The lowest BCUT2D eigenvalue weighted by Crippen LogP contribution is -2.56. The van der Waals surface area contributed by atoms with E-state index in [-0.39, 0.29) is 12.8 Å². The van der Waals surface area contributed by atoms with E-state index in [4.69, 9.17) is 14.2 Å². The second-order valence-corrected chi connectivity index (χ2v) is 9.61. The lowest BCUT2D eigenvalue weighted by molar-refractivity contribution is -0.145. The van der Waals surface area contributed by atoms with Crippen LogP contribution < -0.4 is 20.7 Å². The molecule has 0 bridgehead atoms. The minimum Gasteiger partial charge on any atom is -0.490 e. The summed E-state index contributed by atoms with van der Waals surface area (Å²) in [4.78, 5) is 50.9. The van der Waals surface area contributed by atoms with E-state index in [0.717, 1.165) is 5.56 Å². The van der Waals surface area contributed by atoms with Crippen LogP contribution in [0.2, 0.25) is 0 Å². The van der Waals surface area contributed by atoms with Crippen molar-refractivity contribution in [2.24, 2.45) is 0 Å². The third-order valence-corrected chi connectivity index (χ3v) is 5.15. The molecule has 1 rings (SSSR count). The van der Waals surface area contributed by atoms with E-state index in [9.17, 15) is 19.2 Å². The third kappa shape index (κ3) is 11.9. The Balaban J connectivity index is 3.10. The number of carbonyl (C=O) groups excluding carboxylic acids is 4. The molecule has 1 aromatic rings. The van der Waals surface area contributed by atoms with Gasteiger partial charge in [0.25, 0.3) is 0 Å². The van der Waals surface area contributed by atoms with Crippen molar-refractivity contribution in [1.29, 1.82) is 0 Å². The fraction of sp³-hybridized carbons (Fsp3) is 0.500. The Hall–Kier alpha value is -3.82. The molecule has 10 heteroatoms. The Bertz CT molecular complexity index is 954. The maximum atomic E-state index is 13.3. The highest BCUT2D eigenvalue weighted by Crippen LogP contribution is 2.15. The monoisotopic (exact) mass is 531 g/mol. The molecule has 0 aliphatic carbocycles. The van der Waals surface area contributed by atoms with Gasteiger partial charge in [0.15, 0.2) is 0 Å². The largest absolute Gasteiger partial charge is 0.490 e. The summed E-state index contributed by atoms with van der Waals surface area (Å²) >= 11 is 0. The van der Waals surface area contributed by atoms with Crippen molar-refractivity contribution in [3.63, 3.8) is 0 Å². The van der Waals surface area contributed by atoms with Crippen LogP contribution in [0.3, 0.4) is 0 Å². The van der Waals surface area contributed by atoms with Gasteiger partial charge in [0, 0.05) is 6.42 Å². The number of esters is 1. The molecule has 0 fully saturated rings. The molecule has 0 radical (unpaired) electrons. The molecular formula is C28H41N3O7. The molecule has 0 saturated carbocycles. The van der Waals surface area contributed by atoms with Crippen LogP contribution in [0.1, 0.15) is 52.5 Å². The zero-order valence-electron chi connectivity index (χ0n) is 23.0. The minimum absolute atomic E-state index is 0.133. The zero-order chi connectivity index (χ0) is 28.7. The van der Waals surface area contributed by atoms with Crippen LogP contribution in [0, 0.1) is 0 Å². The molecule has 0 spiro atoms. The Labute approximate surface area is 225 Å². The number of hydrogen-bond donors (Lipinski definition) is 3. The molecule has 0 saturated heterocycles. The summed E-state index contributed by atoms with van der Waals surface area (Å²) in [5.74, 6) is -1.11. The molecule has 0 aromatic heterocycles. The van der Waals surface area contributed by atoms with E-state index in [1.165, 1.54) is 13.2 Å². The van der Waals surface area contributed by atoms with E-state index < -0.39 is 47.6 Å². The third-order valence-electron chi connectivity index (χ3n) is 5.15. The van der Waals surface area contributed by atoms with Crippen molar-refractivity contribution in [3.05, 3.63) is 55.1 Å². The van der Waals surface area contributed by atoms with Gasteiger partial charge in [-0.25, -0.2) is 9.59 Å². The fourth-order valence-electron chi connectivity index (χ4n) is 3.40. The summed E-state index contributed by atoms with van der Waals surface area (Å²) in [7, 11) is 1.22. The standard InChI is InChI=1S/C28H41N3O7/c1-8-11-21(24(32)30-22(12-9-2)26(34)36-7)29-25(33)23(31-27(35)38-28(4,5)6)18-19-13-15-20(16-14-19)37-17-10-3/h9-10,13-16,21-23H,2-3,8,11-12,17-18H2,1,4-7H3,(H,29,33)(H,30,32)(H,31,35)/t21-,22-,23-/m0/s1. The number of ether oxygens (including phenoxy) is 3. The van der Waals surface area contributed by atoms with Gasteiger partial charge in [0.05, 0.1) is 7.11 Å². The van der Waals surface area contributed by atoms with Gasteiger partial charge in [0.1, 0.15) is 36.1 Å². The number of carbonyl (C=O) groups is 4. The highest BCUT2D eigenvalue weighted by atomic mass is 16.6. The molecular weight excluding hydrogens is 490 g/mol. The molecule has 3 amide bonds. The summed E-state index contributed by atoms with van der Waals surface area (Å²) in [6.45, 7) is 14.6. The number of methoxy groups -OCH3 is 1. The number of hydrogen-bond acceptors (Lipinski definition) is 7. The normalized spacial score (nSPS) is 13.2. The predicted octanol–water partition coefficient (Wildman–Crippen LogP) is 3.21. The van der Waals surface area contributed by atoms with Crippen LogP contribution in [0.25, 0.3) is 0 Å². The zero-order valence-corrected chi connectivity index (χ0v) is 23.0. The van der Waals surface area contributed by atoms with Crippen LogP contribution in [-0.2, 0) is 30.3 Å². The van der Waals surface area contributed by atoms with Crippen molar-refractivity contribution in [3.8, 4) is 5.75 Å². The molecule has 3 N–H and O–H groups in total. The molecule has 0 aliphatic heterocycles. The van der Waals surface area contributed by atoms with Gasteiger partial charge in [-0.15, -0.1) is 6.58 Å². The fourth-order valence-corrected chi connectivity index (χ4v) is 3.40. The quantitative estimate of drug-likeness (QED) is 0.234. The van der Waals surface area contributed by atoms with E-state index >= 15 is 0 Å². The van der Waals surface area contributed by atoms with Gasteiger partial charge in [-0.3, -0.25) is 9.59 Å². The van der Waals surface area contributed by atoms with Crippen molar-refractivity contribution >= 4 is 23.9 Å². The first-order valence-electron chi connectivity index (χ1n) is 12.6. The lowest BCUT2D eigenvalue weighted by Gasteiger charge is -2.26. The summed E-state index contributed by atoms with van der Waals surface area (Å²) < 4.78 is 15.6. The van der Waals surface area contributed by atoms with Crippen LogP contribution in [0.4, 0.5) is 4.79 Å². The molecule has 1 aromatic carbocycles. The Morgan fingerprint density at radius 3 is 2.05 bits per heavy atom. The number of benzene rings is 1. The van der Waals surface area contributed by atoms with Gasteiger partial charge in [-0.1, -0.05) is 44.2 Å². The first kappa shape index (κ1) is 32.2. The summed E-state index contributed by atoms with van der Waals surface area (Å²) in [6, 6.07) is 4.15. The van der Waals surface area contributed by atoms with Gasteiger partial charge in [-0.05, 0) is 51.3 Å². The van der Waals surface area contributed by atoms with Gasteiger partial charge in [0.2, 0.25) is 11.8 Å². The molecule has 38 heavy (non-hydrogen) atoms. The van der Waals surface area contributed by atoms with Gasteiger partial charge >= 0.3 is 12.1 Å². The Kier molecular flexibility index (Phi) is 13.7. The Morgan fingerprint density at radius 2 is 1.53 bits per heavy atom. The molecule has 210 valence electrons. The molecule has 0 aliphatic rings. The smallest absolute Gasteiger partial charge is 0.408 e. The number of nitrogens with one attached hydrogen (secondary N) is 3. The van der Waals surface area contributed by atoms with Crippen molar-refractivity contribution < 1.29 is 33.4 Å². The average molecular weight is 532 g/mol. The van der Waals surface area contributed by atoms with Crippen LogP contribution in [-0.4, -0.2) is 61.3 Å². The first-order chi connectivity index (χ1) is 17.9. The van der Waals surface area contributed by atoms with E-state index in [1.807, 2.05) is 6.92 Å². The van der Waals surface area contributed by atoms with Crippen molar-refractivity contribution in [2.75, 3.05) is 13.7 Å². The van der Waals surface area contributed by atoms with Crippen LogP contribution in [0.15, 0.2) is 49.6 Å². The van der Waals surface area contributed by atoms with Crippen LogP contribution in [0.5, 0.6) is 5.75 Å². The summed E-state index contributed by atoms with van der Waals surface area (Å²) in [5, 5.41) is 7.93. The highest BCUT2D eigenvalue weighted by Gasteiger charge is 2.30. The second kappa shape index (κ2) is 16.1. The van der Waals surface area contributed by atoms with E-state index in [0.29, 0.717) is 25.2 Å². The van der Waals surface area contributed by atoms with E-state index in [1.54, 1.807) is 51.1 Å². The van der Waals surface area contributed by atoms with Gasteiger partial charge in [-0.2, -0.15) is 0 Å². The molecule has 0 unspecified atom stereocenters. The Morgan fingerprint density at radius 1 is 0.921 bits per heavy atom. The van der Waals surface area contributed by atoms with Crippen molar-refractivity contribution in [2.45, 2.75) is 77.1 Å². The molecule has 10 nitrogen and oxygen atoms in total. The van der Waals surface area contributed by atoms with Crippen molar-refractivity contribution in [1.82, 2.24) is 16.0 Å². The average Bonchev–Trinajstić information content (AvgIpc) is 2.85. The minimum atomic E-state index is -1.04. The number of rotatable bonds is 15.